The van der Waals surface area contributed by atoms with Crippen molar-refractivity contribution in [2.24, 2.45) is 0 Å². The highest BCUT2D eigenvalue weighted by Crippen LogP contribution is 2.36. The first-order valence-electron chi connectivity index (χ1n) is 5.32. The molecule has 2 aromatic rings. The Hall–Kier alpha value is -1.55. The van der Waals surface area contributed by atoms with Gasteiger partial charge in [0.05, 0.1) is 29.8 Å². The van der Waals surface area contributed by atoms with Gasteiger partial charge in [-0.2, -0.15) is 0 Å². The van der Waals surface area contributed by atoms with E-state index < -0.39 is 0 Å². The Bertz CT molecular complexity index is 534. The van der Waals surface area contributed by atoms with Gasteiger partial charge in [-0.3, -0.25) is 0 Å². The molecule has 4 heteroatoms. The summed E-state index contributed by atoms with van der Waals surface area (Å²) in [5.74, 6) is 1.49. The van der Waals surface area contributed by atoms with E-state index in [9.17, 15) is 0 Å². The minimum absolute atomic E-state index is 0.746. The second-order valence-electron chi connectivity index (χ2n) is 3.72. The summed E-state index contributed by atoms with van der Waals surface area (Å²) >= 11 is 1.69. The summed E-state index contributed by atoms with van der Waals surface area (Å²) in [6.07, 6.45) is 0. The van der Waals surface area contributed by atoms with Crippen LogP contribution in [0.25, 0.3) is 10.4 Å². The first kappa shape index (κ1) is 11.9. The van der Waals surface area contributed by atoms with Crippen molar-refractivity contribution in [3.05, 3.63) is 28.9 Å². The number of benzene rings is 1. The van der Waals surface area contributed by atoms with Gasteiger partial charge < -0.3 is 9.47 Å². The Morgan fingerprint density at radius 1 is 1.06 bits per heavy atom. The lowest BCUT2D eigenvalue weighted by atomic mass is 10.1. The topological polar surface area (TPSA) is 31.4 Å². The zero-order valence-electron chi connectivity index (χ0n) is 10.4. The Morgan fingerprint density at radius 3 is 2.29 bits per heavy atom. The van der Waals surface area contributed by atoms with Crippen LogP contribution in [0.1, 0.15) is 10.7 Å². The van der Waals surface area contributed by atoms with Gasteiger partial charge in [0.25, 0.3) is 0 Å². The second kappa shape index (κ2) is 4.75. The third-order valence-electron chi connectivity index (χ3n) is 2.55. The van der Waals surface area contributed by atoms with Crippen LogP contribution >= 0.6 is 11.3 Å². The number of methoxy groups -OCH3 is 2. The summed E-state index contributed by atoms with van der Waals surface area (Å²) in [4.78, 5) is 5.62. The predicted octanol–water partition coefficient (Wildman–Crippen LogP) is 3.44. The van der Waals surface area contributed by atoms with E-state index >= 15 is 0 Å². The fourth-order valence-corrected chi connectivity index (χ4v) is 2.69. The number of thiazole rings is 1. The molecule has 0 fully saturated rings. The van der Waals surface area contributed by atoms with E-state index in [0.717, 1.165) is 27.8 Å². The van der Waals surface area contributed by atoms with Crippen LogP contribution in [0.3, 0.4) is 0 Å². The average molecular weight is 249 g/mol. The highest BCUT2D eigenvalue weighted by molar-refractivity contribution is 7.15. The minimum atomic E-state index is 0.746. The van der Waals surface area contributed by atoms with Crippen LogP contribution in [0, 0.1) is 13.8 Å². The summed E-state index contributed by atoms with van der Waals surface area (Å²) in [6.45, 7) is 4.04. The summed E-state index contributed by atoms with van der Waals surface area (Å²) in [5.41, 5.74) is 2.17. The Morgan fingerprint density at radius 2 is 1.76 bits per heavy atom. The molecule has 0 aliphatic rings. The summed E-state index contributed by atoms with van der Waals surface area (Å²) in [5, 5.41) is 1.08. The lowest BCUT2D eigenvalue weighted by molar-refractivity contribution is 0.355. The molecule has 17 heavy (non-hydrogen) atoms. The minimum Gasteiger partial charge on any atom is -0.493 e. The van der Waals surface area contributed by atoms with Gasteiger partial charge in [-0.25, -0.2) is 4.98 Å². The second-order valence-corrected chi connectivity index (χ2v) is 4.92. The molecular weight excluding hydrogens is 234 g/mol. The van der Waals surface area contributed by atoms with Crippen molar-refractivity contribution in [1.82, 2.24) is 4.98 Å². The molecule has 0 aliphatic carbocycles. The molecule has 0 saturated carbocycles. The van der Waals surface area contributed by atoms with Crippen molar-refractivity contribution >= 4 is 11.3 Å². The van der Waals surface area contributed by atoms with Gasteiger partial charge in [0.15, 0.2) is 11.5 Å². The van der Waals surface area contributed by atoms with Crippen LogP contribution < -0.4 is 9.47 Å². The van der Waals surface area contributed by atoms with E-state index in [4.69, 9.17) is 9.47 Å². The summed E-state index contributed by atoms with van der Waals surface area (Å²) < 4.78 is 10.5. The van der Waals surface area contributed by atoms with E-state index in [-0.39, 0.29) is 0 Å². The van der Waals surface area contributed by atoms with Crippen LogP contribution in [0.5, 0.6) is 11.5 Å². The predicted molar refractivity (Wildman–Crippen MR) is 70.1 cm³/mol. The third kappa shape index (κ3) is 2.26. The molecule has 1 aromatic carbocycles. The first-order valence-corrected chi connectivity index (χ1v) is 6.13. The van der Waals surface area contributed by atoms with Crippen molar-refractivity contribution in [1.29, 1.82) is 0 Å². The molecular formula is C13H15NO2S. The molecule has 2 rings (SSSR count). The maximum absolute atomic E-state index is 5.30. The van der Waals surface area contributed by atoms with Crippen LogP contribution in [-0.2, 0) is 0 Å². The van der Waals surface area contributed by atoms with E-state index in [2.05, 4.69) is 4.98 Å². The van der Waals surface area contributed by atoms with Crippen molar-refractivity contribution in [2.45, 2.75) is 13.8 Å². The van der Waals surface area contributed by atoms with E-state index in [1.165, 1.54) is 4.88 Å². The first-order chi connectivity index (χ1) is 8.15. The maximum atomic E-state index is 5.30. The molecule has 0 bridgehead atoms. The van der Waals surface area contributed by atoms with E-state index in [1.54, 1.807) is 25.6 Å². The number of hydrogen-bond donors (Lipinski definition) is 0. The van der Waals surface area contributed by atoms with Crippen molar-refractivity contribution < 1.29 is 9.47 Å². The number of rotatable bonds is 3. The Labute approximate surface area is 105 Å². The smallest absolute Gasteiger partial charge is 0.161 e. The standard InChI is InChI=1S/C13H15NO2S/c1-8-13(17-9(2)14-8)10-5-6-11(15-3)12(7-10)16-4/h5-7H,1-4H3. The normalized spacial score (nSPS) is 10.4. The van der Waals surface area contributed by atoms with Gasteiger partial charge in [-0.15, -0.1) is 11.3 Å². The van der Waals surface area contributed by atoms with Crippen LogP contribution in [0.2, 0.25) is 0 Å². The van der Waals surface area contributed by atoms with Gasteiger partial charge in [-0.05, 0) is 37.6 Å². The molecule has 1 heterocycles. The molecule has 0 saturated heterocycles. The van der Waals surface area contributed by atoms with Crippen LogP contribution in [-0.4, -0.2) is 19.2 Å². The number of aromatic nitrogens is 1. The maximum Gasteiger partial charge on any atom is 0.161 e. The van der Waals surface area contributed by atoms with Crippen LogP contribution in [0.4, 0.5) is 0 Å². The third-order valence-corrected chi connectivity index (χ3v) is 3.67. The summed E-state index contributed by atoms with van der Waals surface area (Å²) in [7, 11) is 3.28. The molecule has 90 valence electrons. The molecule has 0 atom stereocenters. The summed E-state index contributed by atoms with van der Waals surface area (Å²) in [6, 6.07) is 5.93. The lowest BCUT2D eigenvalue weighted by Gasteiger charge is -2.08. The van der Waals surface area contributed by atoms with Gasteiger partial charge in [0, 0.05) is 0 Å². The number of nitrogens with zero attached hydrogens (tertiary/aromatic N) is 1. The monoisotopic (exact) mass is 249 g/mol. The fraction of sp³-hybridized carbons (Fsp3) is 0.308. The van der Waals surface area contributed by atoms with E-state index in [1.807, 2.05) is 32.0 Å². The number of hydrogen-bond acceptors (Lipinski definition) is 4. The van der Waals surface area contributed by atoms with Gasteiger partial charge in [0.1, 0.15) is 0 Å². The highest BCUT2D eigenvalue weighted by atomic mass is 32.1. The number of ether oxygens (including phenoxy) is 2. The quantitative estimate of drug-likeness (QED) is 0.835. The molecule has 0 aliphatic heterocycles. The molecule has 0 amide bonds. The van der Waals surface area contributed by atoms with Gasteiger partial charge in [0.2, 0.25) is 0 Å². The van der Waals surface area contributed by atoms with Crippen molar-refractivity contribution in [3.63, 3.8) is 0 Å². The van der Waals surface area contributed by atoms with Crippen LogP contribution in [0.15, 0.2) is 18.2 Å². The fourth-order valence-electron chi connectivity index (χ4n) is 1.78. The molecule has 0 unspecified atom stereocenters. The Kier molecular flexibility index (Phi) is 3.33. The zero-order chi connectivity index (χ0) is 12.4. The zero-order valence-corrected chi connectivity index (χ0v) is 11.2. The molecule has 3 nitrogen and oxygen atoms in total. The van der Waals surface area contributed by atoms with Gasteiger partial charge in [-0.1, -0.05) is 0 Å². The molecule has 0 radical (unpaired) electrons. The Balaban J connectivity index is 2.50. The average Bonchev–Trinajstić information content (AvgIpc) is 2.67. The van der Waals surface area contributed by atoms with E-state index in [0.29, 0.717) is 0 Å². The number of aryl methyl sites for hydroxylation is 2. The van der Waals surface area contributed by atoms with Crippen molar-refractivity contribution in [3.8, 4) is 21.9 Å². The lowest BCUT2D eigenvalue weighted by Crippen LogP contribution is -1.90. The SMILES string of the molecule is COc1ccc(-c2sc(C)nc2C)cc1OC. The molecule has 0 spiro atoms. The molecule has 0 N–H and O–H groups in total. The molecule has 1 aromatic heterocycles. The van der Waals surface area contributed by atoms with Crippen molar-refractivity contribution in [2.75, 3.05) is 14.2 Å². The largest absolute Gasteiger partial charge is 0.493 e. The highest BCUT2D eigenvalue weighted by Gasteiger charge is 2.10. The van der Waals surface area contributed by atoms with Gasteiger partial charge >= 0.3 is 0 Å².